The number of allylic oxidation sites excluding steroid dienone is 4. The van der Waals surface area contributed by atoms with Gasteiger partial charge in [-0.15, -0.1) is 0 Å². The Bertz CT molecular complexity index is 491. The van der Waals surface area contributed by atoms with Gasteiger partial charge < -0.3 is 14.7 Å². The number of likely N-dealkylation sites (N-methyl/N-ethyl adjacent to an activating group) is 1. The highest BCUT2D eigenvalue weighted by molar-refractivity contribution is 5.98. The van der Waals surface area contributed by atoms with Crippen molar-refractivity contribution >= 4 is 11.8 Å². The lowest BCUT2D eigenvalue weighted by Gasteiger charge is -2.28. The van der Waals surface area contributed by atoms with Crippen LogP contribution in [0.5, 0.6) is 0 Å². The first-order valence-electron chi connectivity index (χ1n) is 10.7. The van der Waals surface area contributed by atoms with E-state index in [9.17, 15) is 19.8 Å². The van der Waals surface area contributed by atoms with Crippen molar-refractivity contribution in [2.45, 2.75) is 77.2 Å². The van der Waals surface area contributed by atoms with Gasteiger partial charge in [-0.2, -0.15) is 0 Å². The molecule has 2 N–H and O–H groups in total. The fourth-order valence-corrected chi connectivity index (χ4v) is 3.08. The molecule has 0 aliphatic heterocycles. The quantitative estimate of drug-likeness (QED) is 0.166. The average Bonchev–Trinajstić information content (AvgIpc) is 2.57. The Labute approximate surface area is 171 Å². The third-order valence-electron chi connectivity index (χ3n) is 4.57. The maximum Gasteiger partial charge on any atom is 0.316 e. The molecule has 0 rings (SSSR count). The second-order valence-corrected chi connectivity index (χ2v) is 8.58. The number of Topliss-reactive ketones (excluding diaryl/α,β-unsaturated/α-hetero) is 1. The van der Waals surface area contributed by atoms with E-state index in [2.05, 4.69) is 25.2 Å². The smallest absolute Gasteiger partial charge is 0.316 e. The monoisotopic (exact) mass is 396 g/mol. The van der Waals surface area contributed by atoms with Gasteiger partial charge in [0.1, 0.15) is 24.3 Å². The van der Waals surface area contributed by atoms with Crippen molar-refractivity contribution in [3.05, 3.63) is 24.3 Å². The number of unbranched alkanes of at least 4 members (excludes halogenated alkanes) is 6. The molecule has 5 nitrogen and oxygen atoms in total. The third kappa shape index (κ3) is 14.6. The van der Waals surface area contributed by atoms with Crippen LogP contribution >= 0.6 is 0 Å². The largest absolute Gasteiger partial charge is 0.481 e. The number of aliphatic hydroxyl groups is 1. The number of hydrogen-bond donors (Lipinski definition) is 2. The Morgan fingerprint density at radius 3 is 1.82 bits per heavy atom. The van der Waals surface area contributed by atoms with Gasteiger partial charge in [0.05, 0.1) is 21.1 Å². The summed E-state index contributed by atoms with van der Waals surface area (Å²) in [6, 6.07) is 0. The normalized spacial score (nSPS) is 14.6. The van der Waals surface area contributed by atoms with Crippen LogP contribution < -0.4 is 0 Å². The van der Waals surface area contributed by atoms with Crippen LogP contribution in [0.4, 0.5) is 0 Å². The predicted molar refractivity (Wildman–Crippen MR) is 115 cm³/mol. The van der Waals surface area contributed by atoms with Gasteiger partial charge in [-0.05, 0) is 38.5 Å². The maximum absolute atomic E-state index is 12.2. The lowest BCUT2D eigenvalue weighted by Crippen LogP contribution is -2.47. The van der Waals surface area contributed by atoms with Crippen LogP contribution in [-0.4, -0.2) is 60.2 Å². The Balaban J connectivity index is 3.97. The van der Waals surface area contributed by atoms with Gasteiger partial charge in [0, 0.05) is 6.42 Å². The summed E-state index contributed by atoms with van der Waals surface area (Å²) in [7, 11) is 5.58. The van der Waals surface area contributed by atoms with E-state index in [0.717, 1.165) is 12.8 Å². The first-order valence-corrected chi connectivity index (χ1v) is 10.7. The Morgan fingerprint density at radius 2 is 1.36 bits per heavy atom. The molecule has 0 aromatic rings. The summed E-state index contributed by atoms with van der Waals surface area (Å²) in [5.74, 6) is -2.97. The van der Waals surface area contributed by atoms with Crippen LogP contribution in [0.3, 0.4) is 0 Å². The second-order valence-electron chi connectivity index (χ2n) is 8.58. The Hall–Kier alpha value is -1.46. The van der Waals surface area contributed by atoms with Gasteiger partial charge in [0.2, 0.25) is 0 Å². The lowest BCUT2D eigenvalue weighted by atomic mass is 9.93. The van der Waals surface area contributed by atoms with Crippen LogP contribution in [0.2, 0.25) is 0 Å². The van der Waals surface area contributed by atoms with Crippen LogP contribution in [0.1, 0.15) is 71.1 Å². The third-order valence-corrected chi connectivity index (χ3v) is 4.57. The molecular weight excluding hydrogens is 354 g/mol. The van der Waals surface area contributed by atoms with Crippen molar-refractivity contribution in [1.29, 1.82) is 0 Å². The van der Waals surface area contributed by atoms with Gasteiger partial charge in [-0.1, -0.05) is 50.5 Å². The zero-order valence-corrected chi connectivity index (χ0v) is 18.4. The first kappa shape index (κ1) is 26.5. The number of nitrogens with zero attached hydrogens (tertiary/aromatic N) is 1. The first-order chi connectivity index (χ1) is 13.2. The molecule has 5 heteroatoms. The molecule has 162 valence electrons. The molecule has 0 amide bonds. The summed E-state index contributed by atoms with van der Waals surface area (Å²) >= 11 is 0. The van der Waals surface area contributed by atoms with Crippen molar-refractivity contribution < 1.29 is 24.3 Å². The van der Waals surface area contributed by atoms with Crippen LogP contribution in [-0.2, 0) is 9.59 Å². The molecule has 28 heavy (non-hydrogen) atoms. The number of aliphatic carboxylic acids is 1. The number of quaternary nitrogens is 1. The number of carboxylic acid groups (broad SMARTS) is 1. The van der Waals surface area contributed by atoms with Crippen LogP contribution in [0, 0.1) is 5.92 Å². The Morgan fingerprint density at radius 1 is 0.857 bits per heavy atom. The van der Waals surface area contributed by atoms with Gasteiger partial charge >= 0.3 is 5.97 Å². The number of rotatable bonds is 17. The average molecular weight is 397 g/mol. The number of carboxylic acids is 1. The van der Waals surface area contributed by atoms with Crippen molar-refractivity contribution in [3.63, 3.8) is 0 Å². The van der Waals surface area contributed by atoms with Crippen molar-refractivity contribution in [3.8, 4) is 0 Å². The minimum absolute atomic E-state index is 0.158. The molecule has 0 aromatic carbocycles. The highest BCUT2D eigenvalue weighted by atomic mass is 16.4. The van der Waals surface area contributed by atoms with E-state index in [1.807, 2.05) is 27.2 Å². The van der Waals surface area contributed by atoms with E-state index in [0.29, 0.717) is 10.9 Å². The predicted octanol–water partition coefficient (Wildman–Crippen LogP) is 4.36. The molecule has 0 saturated carbocycles. The minimum Gasteiger partial charge on any atom is -0.481 e. The molecule has 0 aliphatic rings. The molecule has 0 saturated heterocycles. The second kappa shape index (κ2) is 15.5. The molecule has 0 aliphatic carbocycles. The van der Waals surface area contributed by atoms with Crippen molar-refractivity contribution in [2.75, 3.05) is 27.7 Å². The molecule has 0 fully saturated rings. The molecule has 0 spiro atoms. The highest BCUT2D eigenvalue weighted by Gasteiger charge is 2.35. The number of carbonyl (C=O) groups is 2. The number of carbonyl (C=O) groups excluding carboxylic acids is 1. The standard InChI is InChI=1S/C23H41NO4/c1-5-6-7-8-9-10-11-12-13-14-15-16-17-18-20(25)22(23(27)28)21(26)19-24(2,3)4/h7-8,15-16,21-22,26H,5-6,9-14,17-19H2,1-4H3/p+1/b8-7+,16-15+. The molecule has 0 aromatic heterocycles. The van der Waals surface area contributed by atoms with Crippen molar-refractivity contribution in [2.24, 2.45) is 5.92 Å². The Kier molecular flexibility index (Phi) is 14.7. The van der Waals surface area contributed by atoms with E-state index in [1.54, 1.807) is 0 Å². The highest BCUT2D eigenvalue weighted by Crippen LogP contribution is 2.14. The molecule has 2 atom stereocenters. The number of hydrogen-bond acceptors (Lipinski definition) is 3. The molecule has 0 bridgehead atoms. The molecule has 2 unspecified atom stereocenters. The van der Waals surface area contributed by atoms with E-state index in [-0.39, 0.29) is 13.0 Å². The minimum atomic E-state index is -1.34. The molecular formula is C23H42NO4+. The van der Waals surface area contributed by atoms with Gasteiger partial charge in [0.25, 0.3) is 0 Å². The number of ketones is 1. The zero-order chi connectivity index (χ0) is 21.4. The van der Waals surface area contributed by atoms with E-state index in [4.69, 9.17) is 0 Å². The summed E-state index contributed by atoms with van der Waals surface area (Å²) in [6.45, 7) is 2.42. The fourth-order valence-electron chi connectivity index (χ4n) is 3.08. The van der Waals surface area contributed by atoms with E-state index >= 15 is 0 Å². The summed E-state index contributed by atoms with van der Waals surface area (Å²) in [5.41, 5.74) is 0. The van der Waals surface area contributed by atoms with Crippen LogP contribution in [0.25, 0.3) is 0 Å². The number of aliphatic hydroxyl groups excluding tert-OH is 1. The van der Waals surface area contributed by atoms with E-state index in [1.165, 1.54) is 38.5 Å². The van der Waals surface area contributed by atoms with Crippen molar-refractivity contribution in [1.82, 2.24) is 0 Å². The molecule has 0 heterocycles. The van der Waals surface area contributed by atoms with Gasteiger partial charge in [-0.3, -0.25) is 9.59 Å². The summed E-state index contributed by atoms with van der Waals surface area (Å²) in [4.78, 5) is 23.6. The lowest BCUT2D eigenvalue weighted by molar-refractivity contribution is -0.873. The SMILES string of the molecule is CCC/C=C/CCCCCC/C=C/CCC(=O)C(C(=O)O)C(O)C[N+](C)(C)C. The molecule has 0 radical (unpaired) electrons. The summed E-state index contributed by atoms with van der Waals surface area (Å²) in [6.07, 6.45) is 17.5. The topological polar surface area (TPSA) is 74.6 Å². The maximum atomic E-state index is 12.2. The zero-order valence-electron chi connectivity index (χ0n) is 18.4. The van der Waals surface area contributed by atoms with Gasteiger partial charge in [-0.25, -0.2) is 0 Å². The van der Waals surface area contributed by atoms with Gasteiger partial charge in [0.15, 0.2) is 0 Å². The fraction of sp³-hybridized carbons (Fsp3) is 0.739. The summed E-state index contributed by atoms with van der Waals surface area (Å²) < 4.78 is 0.410. The van der Waals surface area contributed by atoms with Crippen LogP contribution in [0.15, 0.2) is 24.3 Å². The summed E-state index contributed by atoms with van der Waals surface area (Å²) in [5, 5.41) is 19.5. The van der Waals surface area contributed by atoms with E-state index < -0.39 is 23.8 Å².